The summed E-state index contributed by atoms with van der Waals surface area (Å²) in [6, 6.07) is 14.0. The normalized spacial score (nSPS) is 11.8. The summed E-state index contributed by atoms with van der Waals surface area (Å²) in [6.07, 6.45) is 2.44. The van der Waals surface area contributed by atoms with Crippen molar-refractivity contribution in [1.29, 1.82) is 0 Å². The minimum Gasteiger partial charge on any atom is -0.360 e. The molecule has 2 aromatic carbocycles. The lowest BCUT2D eigenvalue weighted by Gasteiger charge is -2.34. The number of aromatic nitrogens is 1. The molecule has 0 fully saturated rings. The maximum absolute atomic E-state index is 13.6. The van der Waals surface area contributed by atoms with Crippen molar-refractivity contribution in [2.75, 3.05) is 6.54 Å². The number of nitrogens with zero attached hydrogens (tertiary/aromatic N) is 1. The van der Waals surface area contributed by atoms with Crippen LogP contribution in [-0.4, -0.2) is 44.9 Å². The van der Waals surface area contributed by atoms with Crippen LogP contribution in [0.5, 0.6) is 0 Å². The molecule has 0 saturated carbocycles. The van der Waals surface area contributed by atoms with E-state index in [1.165, 1.54) is 4.90 Å². The number of nitrogens with one attached hydrogen (secondary N) is 3. The number of para-hydroxylation sites is 1. The van der Waals surface area contributed by atoms with Crippen LogP contribution in [-0.2, 0) is 11.3 Å². The van der Waals surface area contributed by atoms with Crippen LogP contribution >= 0.6 is 0 Å². The molecule has 3 rings (SSSR count). The van der Waals surface area contributed by atoms with Gasteiger partial charge < -0.3 is 15.2 Å². The number of carbonyl (C=O) groups excluding carboxylic acids is 3. The molecule has 0 aliphatic heterocycles. The molecule has 186 valence electrons. The third kappa shape index (κ3) is 6.93. The van der Waals surface area contributed by atoms with Gasteiger partial charge in [0.05, 0.1) is 5.56 Å². The topological polar surface area (TPSA) is 115 Å². The van der Waals surface area contributed by atoms with Crippen LogP contribution in [0.1, 0.15) is 67.3 Å². The predicted molar refractivity (Wildman–Crippen MR) is 135 cm³/mol. The minimum absolute atomic E-state index is 0.0267. The first-order chi connectivity index (χ1) is 16.4. The lowest BCUT2D eigenvalue weighted by atomic mass is 9.82. The van der Waals surface area contributed by atoms with Gasteiger partial charge in [-0.1, -0.05) is 51.1 Å². The van der Waals surface area contributed by atoms with E-state index in [1.54, 1.807) is 35.9 Å². The number of fused-ring (bicyclic) bond motifs is 1. The van der Waals surface area contributed by atoms with Crippen molar-refractivity contribution in [3.8, 4) is 0 Å². The van der Waals surface area contributed by atoms with E-state index >= 15 is 0 Å². The number of carbonyl (C=O) groups is 3. The summed E-state index contributed by atoms with van der Waals surface area (Å²) >= 11 is 0. The summed E-state index contributed by atoms with van der Waals surface area (Å²) in [4.78, 5) is 42.9. The Morgan fingerprint density at radius 1 is 0.971 bits per heavy atom. The Kier molecular flexibility index (Phi) is 7.65. The van der Waals surface area contributed by atoms with E-state index in [-0.39, 0.29) is 35.9 Å². The summed E-state index contributed by atoms with van der Waals surface area (Å²) in [5.41, 5.74) is 3.54. The maximum atomic E-state index is 13.6. The lowest BCUT2D eigenvalue weighted by molar-refractivity contribution is -0.123. The first-order valence-corrected chi connectivity index (χ1v) is 11.6. The summed E-state index contributed by atoms with van der Waals surface area (Å²) in [6.45, 7) is 10.4. The standard InChI is InChI=1S/C27H34N4O4/c1-26(2,3)17-27(4,5)29-23(32)16-31(15-18-10-12-19(13-11-18)24(33)30-35)25(34)21-14-28-22-9-7-6-8-20(21)22/h6-14,28,35H,15-17H2,1-5H3,(H,29,32)(H,30,33). The fraction of sp³-hybridized carbons (Fsp3) is 0.370. The number of hydrogen-bond acceptors (Lipinski definition) is 4. The zero-order valence-electron chi connectivity index (χ0n) is 20.9. The van der Waals surface area contributed by atoms with Gasteiger partial charge in [0.2, 0.25) is 5.91 Å². The minimum atomic E-state index is -0.622. The Labute approximate surface area is 205 Å². The van der Waals surface area contributed by atoms with Crippen molar-refractivity contribution in [1.82, 2.24) is 20.7 Å². The molecule has 0 bridgehead atoms. The molecule has 1 aromatic heterocycles. The zero-order valence-corrected chi connectivity index (χ0v) is 20.9. The molecule has 8 heteroatoms. The van der Waals surface area contributed by atoms with Gasteiger partial charge in [-0.05, 0) is 49.4 Å². The van der Waals surface area contributed by atoms with E-state index in [9.17, 15) is 14.4 Å². The largest absolute Gasteiger partial charge is 0.360 e. The highest BCUT2D eigenvalue weighted by atomic mass is 16.5. The van der Waals surface area contributed by atoms with Gasteiger partial charge in [-0.25, -0.2) is 5.48 Å². The van der Waals surface area contributed by atoms with Crippen molar-refractivity contribution < 1.29 is 19.6 Å². The second kappa shape index (κ2) is 10.3. The number of aromatic amines is 1. The number of amides is 3. The highest BCUT2D eigenvalue weighted by Gasteiger charge is 2.29. The molecule has 35 heavy (non-hydrogen) atoms. The second-order valence-corrected chi connectivity index (χ2v) is 10.7. The van der Waals surface area contributed by atoms with Crippen LogP contribution in [0.3, 0.4) is 0 Å². The second-order valence-electron chi connectivity index (χ2n) is 10.7. The maximum Gasteiger partial charge on any atom is 0.274 e. The molecular weight excluding hydrogens is 444 g/mol. The molecule has 0 aliphatic rings. The van der Waals surface area contributed by atoms with Crippen molar-refractivity contribution in [2.24, 2.45) is 5.41 Å². The summed E-state index contributed by atoms with van der Waals surface area (Å²) < 4.78 is 0. The molecule has 0 saturated heterocycles. The van der Waals surface area contributed by atoms with Gasteiger partial charge in [0.25, 0.3) is 11.8 Å². The van der Waals surface area contributed by atoms with Crippen molar-refractivity contribution in [2.45, 2.75) is 53.1 Å². The molecule has 0 spiro atoms. The Bertz CT molecular complexity index is 1210. The van der Waals surface area contributed by atoms with E-state index in [1.807, 2.05) is 38.1 Å². The molecule has 0 atom stereocenters. The van der Waals surface area contributed by atoms with Crippen LogP contribution in [0.4, 0.5) is 0 Å². The monoisotopic (exact) mass is 478 g/mol. The third-order valence-electron chi connectivity index (χ3n) is 5.58. The van der Waals surface area contributed by atoms with Gasteiger partial charge in [0.15, 0.2) is 0 Å². The molecule has 0 aliphatic carbocycles. The van der Waals surface area contributed by atoms with E-state index in [0.717, 1.165) is 22.9 Å². The Morgan fingerprint density at radius 3 is 2.26 bits per heavy atom. The number of benzene rings is 2. The zero-order chi connectivity index (χ0) is 25.8. The average Bonchev–Trinajstić information content (AvgIpc) is 3.20. The first-order valence-electron chi connectivity index (χ1n) is 11.6. The van der Waals surface area contributed by atoms with Crippen molar-refractivity contribution in [3.63, 3.8) is 0 Å². The summed E-state index contributed by atoms with van der Waals surface area (Å²) in [5, 5.41) is 12.7. The molecule has 8 nitrogen and oxygen atoms in total. The SMILES string of the molecule is CC(C)(C)CC(C)(C)NC(=O)CN(Cc1ccc(C(=O)NO)cc1)C(=O)c1c[nH]c2ccccc12. The number of H-pyrrole nitrogens is 1. The highest BCUT2D eigenvalue weighted by Crippen LogP contribution is 2.27. The molecule has 1 heterocycles. The molecule has 0 unspecified atom stereocenters. The van der Waals surface area contributed by atoms with Gasteiger partial charge in [-0.2, -0.15) is 0 Å². The summed E-state index contributed by atoms with van der Waals surface area (Å²) in [7, 11) is 0. The molecule has 3 aromatic rings. The van der Waals surface area contributed by atoms with Crippen LogP contribution in [0, 0.1) is 5.41 Å². The third-order valence-corrected chi connectivity index (χ3v) is 5.58. The van der Waals surface area contributed by atoms with E-state index in [2.05, 4.69) is 31.1 Å². The molecule has 3 amide bonds. The lowest BCUT2D eigenvalue weighted by Crippen LogP contribution is -2.50. The Morgan fingerprint density at radius 2 is 1.63 bits per heavy atom. The van der Waals surface area contributed by atoms with Crippen molar-refractivity contribution in [3.05, 3.63) is 71.4 Å². The molecule has 4 N–H and O–H groups in total. The van der Waals surface area contributed by atoms with Gasteiger partial charge >= 0.3 is 0 Å². The van der Waals surface area contributed by atoms with Crippen LogP contribution in [0.15, 0.2) is 54.7 Å². The van der Waals surface area contributed by atoms with Crippen LogP contribution in [0.2, 0.25) is 0 Å². The van der Waals surface area contributed by atoms with Crippen molar-refractivity contribution >= 4 is 28.6 Å². The fourth-order valence-electron chi connectivity index (χ4n) is 4.63. The number of hydrogen-bond donors (Lipinski definition) is 4. The van der Waals surface area contributed by atoms with E-state index in [0.29, 0.717) is 5.56 Å². The van der Waals surface area contributed by atoms with Crippen LogP contribution < -0.4 is 10.8 Å². The Balaban J connectivity index is 1.85. The highest BCUT2D eigenvalue weighted by molar-refractivity contribution is 6.07. The molecular formula is C27H34N4O4. The first kappa shape index (κ1) is 26.0. The predicted octanol–water partition coefficient (Wildman–Crippen LogP) is 4.26. The Hall–Kier alpha value is -3.65. The molecule has 0 radical (unpaired) electrons. The quantitative estimate of drug-likeness (QED) is 0.286. The fourth-order valence-corrected chi connectivity index (χ4v) is 4.63. The van der Waals surface area contributed by atoms with Gasteiger partial charge in [-0.15, -0.1) is 0 Å². The summed E-state index contributed by atoms with van der Waals surface area (Å²) in [5.74, 6) is -1.14. The van der Waals surface area contributed by atoms with Gasteiger partial charge in [-0.3, -0.25) is 19.6 Å². The number of rotatable bonds is 8. The number of hydroxylamine groups is 1. The van der Waals surface area contributed by atoms with Crippen LogP contribution in [0.25, 0.3) is 10.9 Å². The smallest absolute Gasteiger partial charge is 0.274 e. The van der Waals surface area contributed by atoms with Gasteiger partial charge in [0.1, 0.15) is 6.54 Å². The van der Waals surface area contributed by atoms with E-state index in [4.69, 9.17) is 5.21 Å². The van der Waals surface area contributed by atoms with Gasteiger partial charge in [0, 0.05) is 34.7 Å². The van der Waals surface area contributed by atoms with E-state index < -0.39 is 11.4 Å². The average molecular weight is 479 g/mol.